The third kappa shape index (κ3) is 7.00. The standard InChI is InChI=1S/C22H32N6O.HI/c1-3-23-22(25-12-4-5-14-27-16-13-24-18(27)2)26-17-19-8-10-20(11-9-19)28-15-6-7-21(28)29;/h8-11,13,16H,3-7,12,14-15,17H2,1-2H3,(H2,23,25,26);1H. The quantitative estimate of drug-likeness (QED) is 0.228. The molecule has 0 aliphatic carbocycles. The number of guanidine groups is 1. The zero-order chi connectivity index (χ0) is 20.5. The van der Waals surface area contributed by atoms with Crippen molar-refractivity contribution in [3.8, 4) is 0 Å². The summed E-state index contributed by atoms with van der Waals surface area (Å²) in [4.78, 5) is 22.7. The summed E-state index contributed by atoms with van der Waals surface area (Å²) >= 11 is 0. The number of hydrogen-bond donors (Lipinski definition) is 2. The second-order valence-corrected chi connectivity index (χ2v) is 7.31. The molecular formula is C22H33IN6O. The van der Waals surface area contributed by atoms with Crippen LogP contribution in [0.25, 0.3) is 0 Å². The highest BCUT2D eigenvalue weighted by molar-refractivity contribution is 14.0. The van der Waals surface area contributed by atoms with Gasteiger partial charge in [0, 0.05) is 50.7 Å². The molecule has 1 aromatic carbocycles. The number of aryl methyl sites for hydroxylation is 2. The van der Waals surface area contributed by atoms with Gasteiger partial charge in [-0.3, -0.25) is 4.79 Å². The molecule has 1 amide bonds. The maximum Gasteiger partial charge on any atom is 0.227 e. The molecule has 1 aliphatic heterocycles. The van der Waals surface area contributed by atoms with Crippen LogP contribution in [0.3, 0.4) is 0 Å². The zero-order valence-corrected chi connectivity index (χ0v) is 20.3. The number of unbranched alkanes of at least 4 members (excludes halogenated alkanes) is 1. The summed E-state index contributed by atoms with van der Waals surface area (Å²) in [5.41, 5.74) is 2.12. The van der Waals surface area contributed by atoms with E-state index in [1.807, 2.05) is 36.4 Å². The molecule has 0 saturated carbocycles. The zero-order valence-electron chi connectivity index (χ0n) is 17.9. The van der Waals surface area contributed by atoms with Gasteiger partial charge in [-0.05, 0) is 50.8 Å². The van der Waals surface area contributed by atoms with Gasteiger partial charge < -0.3 is 20.1 Å². The molecule has 2 aromatic rings. The number of carbonyl (C=O) groups excluding carboxylic acids is 1. The van der Waals surface area contributed by atoms with Crippen LogP contribution in [-0.2, 0) is 17.9 Å². The van der Waals surface area contributed by atoms with Crippen LogP contribution in [0.1, 0.15) is 44.0 Å². The lowest BCUT2D eigenvalue weighted by Crippen LogP contribution is -2.37. The highest BCUT2D eigenvalue weighted by Crippen LogP contribution is 2.21. The molecule has 0 radical (unpaired) electrons. The van der Waals surface area contributed by atoms with E-state index in [0.29, 0.717) is 13.0 Å². The molecule has 0 unspecified atom stereocenters. The molecule has 0 spiro atoms. The molecule has 30 heavy (non-hydrogen) atoms. The Kier molecular flexibility index (Phi) is 10.1. The first kappa shape index (κ1) is 24.2. The lowest BCUT2D eigenvalue weighted by Gasteiger charge is -2.16. The predicted octanol–water partition coefficient (Wildman–Crippen LogP) is 3.47. The smallest absolute Gasteiger partial charge is 0.227 e. The fraction of sp³-hybridized carbons (Fsp3) is 0.500. The van der Waals surface area contributed by atoms with Crippen molar-refractivity contribution in [3.05, 3.63) is 48.0 Å². The number of aliphatic imine (C=N–C) groups is 1. The Labute approximate surface area is 196 Å². The maximum absolute atomic E-state index is 11.9. The number of anilines is 1. The number of amides is 1. The van der Waals surface area contributed by atoms with Crippen molar-refractivity contribution in [2.24, 2.45) is 4.99 Å². The molecule has 2 heterocycles. The van der Waals surface area contributed by atoms with Crippen molar-refractivity contribution in [2.75, 3.05) is 24.5 Å². The number of imidazole rings is 1. The van der Waals surface area contributed by atoms with Crippen LogP contribution in [0.2, 0.25) is 0 Å². The average Bonchev–Trinajstić information content (AvgIpc) is 3.34. The number of nitrogens with one attached hydrogen (secondary N) is 2. The van der Waals surface area contributed by atoms with E-state index < -0.39 is 0 Å². The molecule has 0 bridgehead atoms. The first-order valence-electron chi connectivity index (χ1n) is 10.6. The fourth-order valence-corrected chi connectivity index (χ4v) is 3.47. The van der Waals surface area contributed by atoms with Gasteiger partial charge in [-0.1, -0.05) is 12.1 Å². The largest absolute Gasteiger partial charge is 0.357 e. The number of aromatic nitrogens is 2. The van der Waals surface area contributed by atoms with Gasteiger partial charge in [-0.15, -0.1) is 24.0 Å². The van der Waals surface area contributed by atoms with E-state index in [9.17, 15) is 4.79 Å². The predicted molar refractivity (Wildman–Crippen MR) is 132 cm³/mol. The van der Waals surface area contributed by atoms with Gasteiger partial charge in [0.1, 0.15) is 5.82 Å². The summed E-state index contributed by atoms with van der Waals surface area (Å²) in [5, 5.41) is 6.71. The first-order valence-corrected chi connectivity index (χ1v) is 10.6. The van der Waals surface area contributed by atoms with Crippen LogP contribution in [0.4, 0.5) is 5.69 Å². The summed E-state index contributed by atoms with van der Waals surface area (Å²) in [7, 11) is 0. The Hall–Kier alpha value is -2.10. The molecule has 0 atom stereocenters. The topological polar surface area (TPSA) is 74.6 Å². The summed E-state index contributed by atoms with van der Waals surface area (Å²) < 4.78 is 2.18. The van der Waals surface area contributed by atoms with Gasteiger partial charge in [0.05, 0.1) is 6.54 Å². The van der Waals surface area contributed by atoms with E-state index in [2.05, 4.69) is 44.2 Å². The van der Waals surface area contributed by atoms with Crippen molar-refractivity contribution in [1.82, 2.24) is 20.2 Å². The van der Waals surface area contributed by atoms with Gasteiger partial charge in [0.2, 0.25) is 5.91 Å². The van der Waals surface area contributed by atoms with E-state index in [4.69, 9.17) is 0 Å². The molecule has 1 saturated heterocycles. The van der Waals surface area contributed by atoms with Crippen LogP contribution < -0.4 is 15.5 Å². The molecule has 3 rings (SSSR count). The first-order chi connectivity index (χ1) is 14.2. The second-order valence-electron chi connectivity index (χ2n) is 7.31. The Morgan fingerprint density at radius 1 is 1.20 bits per heavy atom. The van der Waals surface area contributed by atoms with E-state index in [1.54, 1.807) is 0 Å². The van der Waals surface area contributed by atoms with Crippen LogP contribution in [-0.4, -0.2) is 41.1 Å². The van der Waals surface area contributed by atoms with E-state index >= 15 is 0 Å². The molecule has 8 heteroatoms. The SMILES string of the molecule is CCNC(=NCc1ccc(N2CCCC2=O)cc1)NCCCCn1ccnc1C.I. The fourth-order valence-electron chi connectivity index (χ4n) is 3.47. The van der Waals surface area contributed by atoms with E-state index in [1.165, 1.54) is 0 Å². The van der Waals surface area contributed by atoms with Gasteiger partial charge in [-0.25, -0.2) is 9.98 Å². The summed E-state index contributed by atoms with van der Waals surface area (Å²) in [5.74, 6) is 2.12. The Morgan fingerprint density at radius 3 is 2.63 bits per heavy atom. The maximum atomic E-state index is 11.9. The molecule has 7 nitrogen and oxygen atoms in total. The Balaban J connectivity index is 0.00000320. The van der Waals surface area contributed by atoms with Crippen molar-refractivity contribution < 1.29 is 4.79 Å². The van der Waals surface area contributed by atoms with Crippen molar-refractivity contribution in [1.29, 1.82) is 0 Å². The van der Waals surface area contributed by atoms with E-state index in [-0.39, 0.29) is 29.9 Å². The minimum atomic E-state index is 0. The van der Waals surface area contributed by atoms with Crippen molar-refractivity contribution in [2.45, 2.75) is 52.6 Å². The Morgan fingerprint density at radius 2 is 2.00 bits per heavy atom. The number of nitrogens with zero attached hydrogens (tertiary/aromatic N) is 4. The van der Waals surface area contributed by atoms with Gasteiger partial charge in [0.15, 0.2) is 5.96 Å². The highest BCUT2D eigenvalue weighted by atomic mass is 127. The molecule has 1 fully saturated rings. The molecular weight excluding hydrogens is 491 g/mol. The number of halogens is 1. The molecule has 1 aliphatic rings. The minimum absolute atomic E-state index is 0. The molecule has 1 aromatic heterocycles. The van der Waals surface area contributed by atoms with Crippen LogP contribution in [0, 0.1) is 6.92 Å². The average molecular weight is 524 g/mol. The number of hydrogen-bond acceptors (Lipinski definition) is 3. The lowest BCUT2D eigenvalue weighted by molar-refractivity contribution is -0.117. The van der Waals surface area contributed by atoms with Crippen LogP contribution >= 0.6 is 24.0 Å². The third-order valence-corrected chi connectivity index (χ3v) is 5.13. The summed E-state index contributed by atoms with van der Waals surface area (Å²) in [6.07, 6.45) is 7.65. The second kappa shape index (κ2) is 12.6. The molecule has 164 valence electrons. The number of benzene rings is 1. The summed E-state index contributed by atoms with van der Waals surface area (Å²) in [6.45, 7) is 8.24. The van der Waals surface area contributed by atoms with Crippen molar-refractivity contribution >= 4 is 41.5 Å². The minimum Gasteiger partial charge on any atom is -0.357 e. The monoisotopic (exact) mass is 524 g/mol. The van der Waals surface area contributed by atoms with Crippen LogP contribution in [0.15, 0.2) is 41.7 Å². The lowest BCUT2D eigenvalue weighted by atomic mass is 10.2. The molecule has 2 N–H and O–H groups in total. The third-order valence-electron chi connectivity index (χ3n) is 5.13. The Bertz CT molecular complexity index is 817. The summed E-state index contributed by atoms with van der Waals surface area (Å²) in [6, 6.07) is 8.15. The van der Waals surface area contributed by atoms with Gasteiger partial charge in [-0.2, -0.15) is 0 Å². The van der Waals surface area contributed by atoms with Gasteiger partial charge >= 0.3 is 0 Å². The van der Waals surface area contributed by atoms with Crippen LogP contribution in [0.5, 0.6) is 0 Å². The van der Waals surface area contributed by atoms with E-state index in [0.717, 1.165) is 68.5 Å². The number of rotatable bonds is 9. The highest BCUT2D eigenvalue weighted by Gasteiger charge is 2.21. The normalized spacial score (nSPS) is 14.0. The number of carbonyl (C=O) groups is 1. The van der Waals surface area contributed by atoms with Crippen molar-refractivity contribution in [3.63, 3.8) is 0 Å². The van der Waals surface area contributed by atoms with Gasteiger partial charge in [0.25, 0.3) is 0 Å².